The average molecular weight is 500 g/mol. The molecule has 0 heterocycles. The van der Waals surface area contributed by atoms with E-state index in [2.05, 4.69) is 0 Å². The number of rotatable bonds is 6. The van der Waals surface area contributed by atoms with Crippen molar-refractivity contribution in [2.45, 2.75) is 104 Å². The standard InChI is InChI=1S/2C10H19NO.FH.Nd/c2*1-8(2)10(12)11-9-6-4-3-5-7-9;;/h2*8-9H,3-7H2,1-2H3,(H,11,12);1H;/q;;;+3/p-3. The van der Waals surface area contributed by atoms with Crippen molar-refractivity contribution in [1.82, 2.24) is 1.97 Å². The van der Waals surface area contributed by atoms with Gasteiger partial charge < -0.3 is 0 Å². The van der Waals surface area contributed by atoms with Crippen LogP contribution in [0.1, 0.15) is 91.9 Å². The van der Waals surface area contributed by atoms with Gasteiger partial charge in [-0.05, 0) is 0 Å². The van der Waals surface area contributed by atoms with E-state index in [0.29, 0.717) is 0 Å². The molecule has 2 rings (SSSR count). The molecule has 0 N–H and O–H groups in total. The molecule has 0 aromatic rings. The number of carbonyl (C=O) groups excluding carboxylic acids is 2. The first-order valence-electron chi connectivity index (χ1n) is 10.5. The molecule has 149 valence electrons. The topological polar surface area (TPSA) is 40.6 Å². The van der Waals surface area contributed by atoms with Gasteiger partial charge in [-0.25, -0.2) is 0 Å². The van der Waals surface area contributed by atoms with Gasteiger partial charge >= 0.3 is 176 Å². The van der Waals surface area contributed by atoms with Crippen molar-refractivity contribution >= 4 is 11.8 Å². The number of nitrogens with zero attached hydrogens (tertiary/aromatic N) is 2. The molecule has 0 spiro atoms. The van der Waals surface area contributed by atoms with Crippen LogP contribution in [0.4, 0.5) is 1.01 Å². The molecular formula is C20H36FN2NdO2. The molecule has 2 aliphatic carbocycles. The number of hydrogen-bond acceptors (Lipinski definition) is 2. The third kappa shape index (κ3) is 5.62. The van der Waals surface area contributed by atoms with E-state index < -0.39 is 36.2 Å². The molecule has 0 radical (unpaired) electrons. The third-order valence-corrected chi connectivity index (χ3v) is 12.0. The normalized spacial score (nSPS) is 19.7. The van der Waals surface area contributed by atoms with Gasteiger partial charge in [0.25, 0.3) is 0 Å². The van der Waals surface area contributed by atoms with Gasteiger partial charge in [0, 0.05) is 0 Å². The first-order chi connectivity index (χ1) is 12.3. The molecule has 0 saturated heterocycles. The van der Waals surface area contributed by atoms with Crippen molar-refractivity contribution in [2.24, 2.45) is 11.8 Å². The van der Waals surface area contributed by atoms with Gasteiger partial charge in [-0.15, -0.1) is 0 Å². The summed E-state index contributed by atoms with van der Waals surface area (Å²) in [7, 11) is 0. The molecular weight excluding hydrogens is 463 g/mol. The van der Waals surface area contributed by atoms with Crippen LogP contribution in [0, 0.1) is 48.1 Å². The van der Waals surface area contributed by atoms with Gasteiger partial charge in [0.05, 0.1) is 0 Å². The summed E-state index contributed by atoms with van der Waals surface area (Å²) >= 11 is -4.25. The molecule has 0 atom stereocenters. The van der Waals surface area contributed by atoms with Crippen LogP contribution >= 0.6 is 0 Å². The minimum absolute atomic E-state index is 0.0110. The van der Waals surface area contributed by atoms with E-state index in [1.807, 2.05) is 27.7 Å². The molecule has 2 amide bonds. The first kappa shape index (κ1) is 22.5. The Morgan fingerprint density at radius 3 is 1.31 bits per heavy atom. The number of halogens is 1. The average Bonchev–Trinajstić information content (AvgIpc) is 2.63. The predicted octanol–water partition coefficient (Wildman–Crippen LogP) is 4.96. The molecule has 2 saturated carbocycles. The predicted molar refractivity (Wildman–Crippen MR) is 98.2 cm³/mol. The zero-order valence-corrected chi connectivity index (χ0v) is 20.2. The number of amides is 2. The van der Waals surface area contributed by atoms with Gasteiger partial charge in [-0.3, -0.25) is 0 Å². The van der Waals surface area contributed by atoms with E-state index in [1.54, 1.807) is 1.97 Å². The van der Waals surface area contributed by atoms with Crippen molar-refractivity contribution in [3.05, 3.63) is 0 Å². The fraction of sp³-hybridized carbons (Fsp3) is 0.900. The molecule has 2 fully saturated rings. The van der Waals surface area contributed by atoms with Crippen LogP contribution in [0.5, 0.6) is 0 Å². The Hall–Kier alpha value is 0.221. The summed E-state index contributed by atoms with van der Waals surface area (Å²) in [5, 5.41) is 0. The van der Waals surface area contributed by atoms with Crippen molar-refractivity contribution in [2.75, 3.05) is 0 Å². The summed E-state index contributed by atoms with van der Waals surface area (Å²) in [4.78, 5) is 25.9. The second-order valence-electron chi connectivity index (χ2n) is 8.58. The first-order valence-corrected chi connectivity index (χ1v) is 14.6. The Morgan fingerprint density at radius 1 is 0.731 bits per heavy atom. The van der Waals surface area contributed by atoms with Crippen LogP contribution in [0.25, 0.3) is 0 Å². The van der Waals surface area contributed by atoms with Gasteiger partial charge in [0.1, 0.15) is 0 Å². The van der Waals surface area contributed by atoms with E-state index in [1.165, 1.54) is 12.8 Å². The summed E-state index contributed by atoms with van der Waals surface area (Å²) < 4.78 is 19.4. The zero-order chi connectivity index (χ0) is 19.3. The quantitative estimate of drug-likeness (QED) is 0.519. The fourth-order valence-corrected chi connectivity index (χ4v) is 11.4. The van der Waals surface area contributed by atoms with Crippen LogP contribution in [-0.4, -0.2) is 25.9 Å². The molecule has 0 unspecified atom stereocenters. The summed E-state index contributed by atoms with van der Waals surface area (Å²) in [6.45, 7) is 7.41. The van der Waals surface area contributed by atoms with Crippen LogP contribution in [-0.2, 0) is 9.59 Å². The van der Waals surface area contributed by atoms with Crippen LogP contribution in [0.2, 0.25) is 0 Å². The summed E-state index contributed by atoms with van der Waals surface area (Å²) in [5.41, 5.74) is 0. The van der Waals surface area contributed by atoms with E-state index in [0.717, 1.165) is 51.4 Å². The van der Waals surface area contributed by atoms with E-state index in [9.17, 15) is 9.59 Å². The molecule has 6 heteroatoms. The maximum absolute atomic E-state index is 16.1. The monoisotopic (exact) mass is 497 g/mol. The number of carbonyl (C=O) groups is 2. The van der Waals surface area contributed by atoms with Gasteiger partial charge in [-0.2, -0.15) is 0 Å². The maximum atomic E-state index is 16.1. The van der Waals surface area contributed by atoms with Gasteiger partial charge in [0.15, 0.2) is 0 Å². The van der Waals surface area contributed by atoms with E-state index >= 15 is 1.01 Å². The van der Waals surface area contributed by atoms with Crippen molar-refractivity contribution in [3.63, 3.8) is 0 Å². The second kappa shape index (κ2) is 10.7. The Labute approximate surface area is 175 Å². The SMILES string of the molecule is CC(C)C(=O)[N](C1CCCCC1)[Nd]([F])[N](C(=O)C(C)C)C1CCCCC1. The zero-order valence-electron chi connectivity index (χ0n) is 17.0. The molecule has 0 aliphatic heterocycles. The van der Waals surface area contributed by atoms with E-state index in [4.69, 9.17) is 0 Å². The molecule has 0 aromatic heterocycles. The Balaban J connectivity index is 2.31. The molecule has 2 aliphatic rings. The van der Waals surface area contributed by atoms with Crippen LogP contribution in [0.3, 0.4) is 0 Å². The Morgan fingerprint density at radius 2 is 1.04 bits per heavy atom. The van der Waals surface area contributed by atoms with Gasteiger partial charge in [0.2, 0.25) is 0 Å². The van der Waals surface area contributed by atoms with Crippen molar-refractivity contribution in [3.8, 4) is 0 Å². The third-order valence-electron chi connectivity index (χ3n) is 5.74. The molecule has 26 heavy (non-hydrogen) atoms. The Bertz CT molecular complexity index is 432. The summed E-state index contributed by atoms with van der Waals surface area (Å²) in [6, 6.07) is 0.0221. The molecule has 0 bridgehead atoms. The number of hydrogen-bond donors (Lipinski definition) is 0. The summed E-state index contributed by atoms with van der Waals surface area (Å²) in [6.07, 6.45) is 10.2. The van der Waals surface area contributed by atoms with Crippen LogP contribution in [0.15, 0.2) is 0 Å². The van der Waals surface area contributed by atoms with Crippen molar-refractivity contribution < 1.29 is 46.8 Å². The van der Waals surface area contributed by atoms with Crippen molar-refractivity contribution in [1.29, 1.82) is 0 Å². The fourth-order valence-electron chi connectivity index (χ4n) is 4.19. The van der Waals surface area contributed by atoms with E-state index in [-0.39, 0.29) is 35.7 Å². The Kier molecular flexibility index (Phi) is 9.25. The van der Waals surface area contributed by atoms with Gasteiger partial charge in [-0.1, -0.05) is 0 Å². The van der Waals surface area contributed by atoms with Crippen LogP contribution < -0.4 is 0 Å². The molecule has 4 nitrogen and oxygen atoms in total. The molecule has 0 aromatic carbocycles. The minimum atomic E-state index is -4.25. The summed E-state index contributed by atoms with van der Waals surface area (Å²) in [5.74, 6) is -0.567. The second-order valence-corrected chi connectivity index (χ2v) is 13.4.